The fourth-order valence-electron chi connectivity index (χ4n) is 1.17. The Bertz CT molecular complexity index is 460. The molecule has 0 aromatic carbocycles. The Hall–Kier alpha value is -1.35. The number of rotatable bonds is 7. The Balaban J connectivity index is 2.40. The van der Waals surface area contributed by atoms with Crippen molar-refractivity contribution < 1.29 is 27.8 Å². The van der Waals surface area contributed by atoms with E-state index in [0.29, 0.717) is 10.8 Å². The maximum atomic E-state index is 11.8. The predicted molar refractivity (Wildman–Crippen MR) is 68.1 cm³/mol. The van der Waals surface area contributed by atoms with Crippen molar-refractivity contribution in [3.05, 3.63) is 11.1 Å². The van der Waals surface area contributed by atoms with Crippen LogP contribution in [0.15, 0.2) is 5.38 Å². The third kappa shape index (κ3) is 4.97. The number of aliphatic carboxylic acids is 1. The van der Waals surface area contributed by atoms with E-state index in [1.54, 1.807) is 5.38 Å². The van der Waals surface area contributed by atoms with Gasteiger partial charge in [0, 0.05) is 11.9 Å². The normalized spacial score (nSPS) is 12.4. The molecule has 1 aromatic heterocycles. The molecule has 2 N–H and O–H groups in total. The van der Waals surface area contributed by atoms with Crippen LogP contribution in [0.4, 0.5) is 18.3 Å². The number of halogens is 3. The van der Waals surface area contributed by atoms with Crippen molar-refractivity contribution in [2.45, 2.75) is 25.4 Å². The highest BCUT2D eigenvalue weighted by Gasteiger charge is 2.32. The van der Waals surface area contributed by atoms with Gasteiger partial charge in [0.05, 0.1) is 12.3 Å². The molecule has 1 rings (SSSR count). The summed E-state index contributed by atoms with van der Waals surface area (Å²) < 4.78 is 39.8. The smallest absolute Gasteiger partial charge is 0.411 e. The first-order valence-electron chi connectivity index (χ1n) is 5.70. The zero-order chi connectivity index (χ0) is 15.4. The molecule has 0 spiro atoms. The summed E-state index contributed by atoms with van der Waals surface area (Å²) in [5.41, 5.74) is -0.711. The molecule has 0 radical (unpaired) electrons. The lowest BCUT2D eigenvalue weighted by atomic mass is 9.90. The summed E-state index contributed by atoms with van der Waals surface area (Å²) in [4.78, 5) is 15.1. The fourth-order valence-corrected chi connectivity index (χ4v) is 2.08. The summed E-state index contributed by atoms with van der Waals surface area (Å²) in [7, 11) is 0. The lowest BCUT2D eigenvalue weighted by Gasteiger charge is -2.15. The average molecular weight is 312 g/mol. The first kappa shape index (κ1) is 16.7. The summed E-state index contributed by atoms with van der Waals surface area (Å²) in [6.07, 6.45) is -4.33. The van der Waals surface area contributed by atoms with E-state index < -0.39 is 24.2 Å². The quantitative estimate of drug-likeness (QED) is 0.757. The summed E-state index contributed by atoms with van der Waals surface area (Å²) in [5, 5.41) is 13.9. The van der Waals surface area contributed by atoms with Gasteiger partial charge in [-0.1, -0.05) is 0 Å². The van der Waals surface area contributed by atoms with Crippen LogP contribution in [0.5, 0.6) is 0 Å². The van der Waals surface area contributed by atoms with Crippen molar-refractivity contribution in [1.82, 2.24) is 4.98 Å². The minimum atomic E-state index is -4.33. The molecule has 1 heterocycles. The number of hydrogen-bond acceptors (Lipinski definition) is 5. The van der Waals surface area contributed by atoms with E-state index in [1.807, 2.05) is 0 Å². The fraction of sp³-hybridized carbons (Fsp3) is 0.636. The Kier molecular flexibility index (Phi) is 5.35. The molecule has 0 aliphatic carbocycles. The number of anilines is 1. The van der Waals surface area contributed by atoms with E-state index in [0.717, 1.165) is 0 Å². The van der Waals surface area contributed by atoms with Crippen molar-refractivity contribution in [1.29, 1.82) is 0 Å². The van der Waals surface area contributed by atoms with Gasteiger partial charge in [-0.3, -0.25) is 4.79 Å². The Morgan fingerprint density at radius 1 is 1.50 bits per heavy atom. The maximum Gasteiger partial charge on any atom is 0.411 e. The topological polar surface area (TPSA) is 71.5 Å². The second kappa shape index (κ2) is 6.40. The first-order chi connectivity index (χ1) is 9.13. The van der Waals surface area contributed by atoms with E-state index in [9.17, 15) is 18.0 Å². The SMILES string of the molecule is CC(C)(C(=O)O)c1csc(NCCOCC(F)(F)F)n1. The van der Waals surface area contributed by atoms with Gasteiger partial charge in [0.15, 0.2) is 5.13 Å². The van der Waals surface area contributed by atoms with Crippen molar-refractivity contribution in [3.8, 4) is 0 Å². The van der Waals surface area contributed by atoms with Gasteiger partial charge in [-0.25, -0.2) is 4.98 Å². The van der Waals surface area contributed by atoms with Crippen LogP contribution in [-0.4, -0.2) is 42.0 Å². The monoisotopic (exact) mass is 312 g/mol. The molecular weight excluding hydrogens is 297 g/mol. The molecular formula is C11H15F3N2O3S. The summed E-state index contributed by atoms with van der Waals surface area (Å²) in [5.74, 6) is -0.997. The van der Waals surface area contributed by atoms with Gasteiger partial charge in [0.25, 0.3) is 0 Å². The lowest BCUT2D eigenvalue weighted by Crippen LogP contribution is -2.28. The van der Waals surface area contributed by atoms with Crippen molar-refractivity contribution in [2.75, 3.05) is 25.1 Å². The predicted octanol–water partition coefficient (Wildman–Crippen LogP) is 2.50. The van der Waals surface area contributed by atoms with Gasteiger partial charge in [0.2, 0.25) is 0 Å². The molecule has 9 heteroatoms. The maximum absolute atomic E-state index is 11.8. The highest BCUT2D eigenvalue weighted by molar-refractivity contribution is 7.13. The third-order valence-corrected chi connectivity index (χ3v) is 3.27. The van der Waals surface area contributed by atoms with Crippen molar-refractivity contribution in [3.63, 3.8) is 0 Å². The molecule has 0 amide bonds. The molecule has 0 atom stereocenters. The van der Waals surface area contributed by atoms with Crippen LogP contribution >= 0.6 is 11.3 Å². The van der Waals surface area contributed by atoms with Crippen LogP contribution in [0.3, 0.4) is 0 Å². The summed E-state index contributed by atoms with van der Waals surface area (Å²) in [6, 6.07) is 0. The highest BCUT2D eigenvalue weighted by atomic mass is 32.1. The second-order valence-corrected chi connectivity index (χ2v) is 5.42. The third-order valence-electron chi connectivity index (χ3n) is 2.47. The average Bonchev–Trinajstić information content (AvgIpc) is 2.76. The van der Waals surface area contributed by atoms with Crippen molar-refractivity contribution >= 4 is 22.4 Å². The number of nitrogens with one attached hydrogen (secondary N) is 1. The number of ether oxygens (including phenoxy) is 1. The minimum absolute atomic E-state index is 0.114. The number of hydrogen-bond donors (Lipinski definition) is 2. The van der Waals surface area contributed by atoms with Crippen LogP contribution in [-0.2, 0) is 14.9 Å². The van der Waals surface area contributed by atoms with E-state index in [2.05, 4.69) is 15.0 Å². The molecule has 0 aliphatic heterocycles. The molecule has 0 unspecified atom stereocenters. The first-order valence-corrected chi connectivity index (χ1v) is 6.58. The largest absolute Gasteiger partial charge is 0.481 e. The summed E-state index contributed by atoms with van der Waals surface area (Å²) in [6.45, 7) is 1.82. The number of nitrogens with zero attached hydrogens (tertiary/aromatic N) is 1. The van der Waals surface area contributed by atoms with E-state index in [1.165, 1.54) is 25.2 Å². The van der Waals surface area contributed by atoms with Crippen LogP contribution in [0.1, 0.15) is 19.5 Å². The van der Waals surface area contributed by atoms with E-state index >= 15 is 0 Å². The molecule has 0 saturated heterocycles. The number of carboxylic acid groups (broad SMARTS) is 1. The molecule has 114 valence electrons. The minimum Gasteiger partial charge on any atom is -0.481 e. The van der Waals surface area contributed by atoms with Gasteiger partial charge in [-0.05, 0) is 13.8 Å². The number of thiazole rings is 1. The molecule has 0 fully saturated rings. The van der Waals surface area contributed by atoms with Crippen LogP contribution in [0.2, 0.25) is 0 Å². The van der Waals surface area contributed by atoms with Gasteiger partial charge in [0.1, 0.15) is 12.0 Å². The molecule has 5 nitrogen and oxygen atoms in total. The van der Waals surface area contributed by atoms with Crippen LogP contribution in [0.25, 0.3) is 0 Å². The van der Waals surface area contributed by atoms with E-state index in [4.69, 9.17) is 5.11 Å². The molecule has 1 aromatic rings. The number of carbonyl (C=O) groups is 1. The Labute approximate surface area is 117 Å². The zero-order valence-electron chi connectivity index (χ0n) is 11.0. The Morgan fingerprint density at radius 2 is 2.15 bits per heavy atom. The lowest BCUT2D eigenvalue weighted by molar-refractivity contribution is -0.172. The van der Waals surface area contributed by atoms with E-state index in [-0.39, 0.29) is 13.2 Å². The van der Waals surface area contributed by atoms with Gasteiger partial charge in [-0.15, -0.1) is 11.3 Å². The summed E-state index contributed by atoms with van der Waals surface area (Å²) >= 11 is 1.19. The molecule has 0 aliphatic rings. The van der Waals surface area contributed by atoms with Gasteiger partial charge >= 0.3 is 12.1 Å². The van der Waals surface area contributed by atoms with Gasteiger partial charge < -0.3 is 15.2 Å². The zero-order valence-corrected chi connectivity index (χ0v) is 11.8. The molecule has 20 heavy (non-hydrogen) atoms. The van der Waals surface area contributed by atoms with Gasteiger partial charge in [-0.2, -0.15) is 13.2 Å². The molecule has 0 bridgehead atoms. The molecule has 0 saturated carbocycles. The van der Waals surface area contributed by atoms with Crippen molar-refractivity contribution in [2.24, 2.45) is 0 Å². The number of carboxylic acids is 1. The number of aromatic nitrogens is 1. The van der Waals surface area contributed by atoms with Crippen LogP contribution in [0, 0.1) is 0 Å². The standard InChI is InChI=1S/C11H15F3N2O3S/c1-10(2,8(17)18)7-5-20-9(16-7)15-3-4-19-6-11(12,13)14/h5H,3-4,6H2,1-2H3,(H,15,16)(H,17,18). The van der Waals surface area contributed by atoms with Crippen LogP contribution < -0.4 is 5.32 Å². The highest BCUT2D eigenvalue weighted by Crippen LogP contribution is 2.27. The number of alkyl halides is 3. The Morgan fingerprint density at radius 3 is 2.70 bits per heavy atom. The second-order valence-electron chi connectivity index (χ2n) is 4.56.